The Balaban J connectivity index is 1.55. The molecule has 2 aliphatic rings. The molecule has 126 valence electrons. The molecule has 0 aromatic heterocycles. The summed E-state index contributed by atoms with van der Waals surface area (Å²) in [6, 6.07) is 6.07. The van der Waals surface area contributed by atoms with Crippen molar-refractivity contribution in [3.05, 3.63) is 29.3 Å². The molecule has 0 bridgehead atoms. The Morgan fingerprint density at radius 2 is 2.09 bits per heavy atom. The summed E-state index contributed by atoms with van der Waals surface area (Å²) in [5, 5.41) is 3.05. The van der Waals surface area contributed by atoms with Gasteiger partial charge in [-0.1, -0.05) is 12.1 Å². The van der Waals surface area contributed by atoms with Gasteiger partial charge in [0.2, 0.25) is 5.91 Å². The molecular weight excluding hydrogens is 292 g/mol. The van der Waals surface area contributed by atoms with Crippen LogP contribution in [0.25, 0.3) is 0 Å². The topological polar surface area (TPSA) is 50.8 Å². The minimum Gasteiger partial charge on any atom is -0.487 e. The number of ether oxygens (including phenoxy) is 2. The van der Waals surface area contributed by atoms with E-state index in [2.05, 4.69) is 30.1 Å². The van der Waals surface area contributed by atoms with Crippen molar-refractivity contribution in [1.29, 1.82) is 0 Å². The maximum atomic E-state index is 12.3. The van der Waals surface area contributed by atoms with Gasteiger partial charge in [0.05, 0.1) is 19.3 Å². The Morgan fingerprint density at radius 1 is 1.35 bits per heavy atom. The monoisotopic (exact) mass is 318 g/mol. The molecule has 1 saturated heterocycles. The van der Waals surface area contributed by atoms with Gasteiger partial charge in [-0.25, -0.2) is 0 Å². The lowest BCUT2D eigenvalue weighted by Crippen LogP contribution is -2.49. The van der Waals surface area contributed by atoms with Gasteiger partial charge in [-0.05, 0) is 38.0 Å². The van der Waals surface area contributed by atoms with Crippen molar-refractivity contribution in [2.45, 2.75) is 45.4 Å². The molecule has 2 heterocycles. The molecular formula is C18H26N2O3. The lowest BCUT2D eigenvalue weighted by atomic mass is 10.0. The van der Waals surface area contributed by atoms with Gasteiger partial charge in [0.25, 0.3) is 0 Å². The van der Waals surface area contributed by atoms with Crippen LogP contribution in [0.15, 0.2) is 18.2 Å². The van der Waals surface area contributed by atoms with Gasteiger partial charge in [0, 0.05) is 26.1 Å². The molecule has 1 fully saturated rings. The fourth-order valence-corrected chi connectivity index (χ4v) is 3.24. The van der Waals surface area contributed by atoms with Gasteiger partial charge in [-0.15, -0.1) is 0 Å². The maximum Gasteiger partial charge on any atom is 0.237 e. The number of carbonyl (C=O) groups excluding carboxylic acids is 1. The normalized spacial score (nSPS) is 21.3. The molecule has 23 heavy (non-hydrogen) atoms. The second-order valence-corrected chi connectivity index (χ2v) is 7.02. The second-order valence-electron chi connectivity index (χ2n) is 7.02. The zero-order valence-electron chi connectivity index (χ0n) is 14.2. The maximum absolute atomic E-state index is 12.3. The molecule has 0 saturated carbocycles. The van der Waals surface area contributed by atoms with Crippen molar-refractivity contribution in [2.75, 3.05) is 26.3 Å². The zero-order valence-corrected chi connectivity index (χ0v) is 14.2. The first kappa shape index (κ1) is 16.3. The van der Waals surface area contributed by atoms with Crippen LogP contribution in [0.2, 0.25) is 0 Å². The highest BCUT2D eigenvalue weighted by molar-refractivity contribution is 5.81. The van der Waals surface area contributed by atoms with E-state index in [0.717, 1.165) is 30.8 Å². The van der Waals surface area contributed by atoms with Crippen LogP contribution in [0, 0.1) is 0 Å². The number of morpholine rings is 1. The average Bonchev–Trinajstić information content (AvgIpc) is 2.85. The van der Waals surface area contributed by atoms with Crippen LogP contribution in [0.4, 0.5) is 0 Å². The third-order valence-electron chi connectivity index (χ3n) is 4.57. The van der Waals surface area contributed by atoms with Crippen LogP contribution >= 0.6 is 0 Å². The molecule has 0 radical (unpaired) electrons. The van der Waals surface area contributed by atoms with Crippen molar-refractivity contribution in [2.24, 2.45) is 0 Å². The summed E-state index contributed by atoms with van der Waals surface area (Å²) in [7, 11) is 0. The lowest BCUT2D eigenvalue weighted by Gasteiger charge is -2.31. The fraction of sp³-hybridized carbons (Fsp3) is 0.611. The molecule has 1 unspecified atom stereocenters. The molecule has 1 amide bonds. The predicted octanol–water partition coefficient (Wildman–Crippen LogP) is 1.74. The van der Waals surface area contributed by atoms with Crippen LogP contribution < -0.4 is 10.1 Å². The first-order valence-corrected chi connectivity index (χ1v) is 8.35. The highest BCUT2D eigenvalue weighted by Crippen LogP contribution is 2.35. The fourth-order valence-electron chi connectivity index (χ4n) is 3.24. The number of nitrogens with one attached hydrogen (secondary N) is 1. The van der Waals surface area contributed by atoms with E-state index in [4.69, 9.17) is 9.47 Å². The molecule has 0 aliphatic carbocycles. The van der Waals surface area contributed by atoms with Crippen molar-refractivity contribution in [1.82, 2.24) is 10.2 Å². The average molecular weight is 318 g/mol. The molecule has 0 spiro atoms. The molecule has 2 aliphatic heterocycles. The van der Waals surface area contributed by atoms with Gasteiger partial charge >= 0.3 is 0 Å². The van der Waals surface area contributed by atoms with Crippen LogP contribution in [-0.4, -0.2) is 48.8 Å². The van der Waals surface area contributed by atoms with E-state index in [1.165, 1.54) is 5.56 Å². The molecule has 1 atom stereocenters. The number of hydrogen-bond acceptors (Lipinski definition) is 4. The third-order valence-corrected chi connectivity index (χ3v) is 4.57. The van der Waals surface area contributed by atoms with Gasteiger partial charge in [-0.2, -0.15) is 0 Å². The highest BCUT2D eigenvalue weighted by atomic mass is 16.5. The number of benzene rings is 1. The quantitative estimate of drug-likeness (QED) is 0.919. The summed E-state index contributed by atoms with van der Waals surface area (Å²) in [5.74, 6) is 1.04. The van der Waals surface area contributed by atoms with E-state index in [0.29, 0.717) is 19.8 Å². The second kappa shape index (κ2) is 6.49. The number of nitrogens with zero attached hydrogens (tertiary/aromatic N) is 1. The van der Waals surface area contributed by atoms with E-state index >= 15 is 0 Å². The molecule has 1 aromatic carbocycles. The Kier molecular flexibility index (Phi) is 4.60. The summed E-state index contributed by atoms with van der Waals surface area (Å²) in [4.78, 5) is 14.5. The van der Waals surface area contributed by atoms with Gasteiger partial charge < -0.3 is 14.8 Å². The van der Waals surface area contributed by atoms with E-state index in [1.807, 2.05) is 19.1 Å². The standard InChI is InChI=1S/C18H26N2O3/c1-13(20-6-8-22-9-7-20)17(21)19-12-14-4-5-16-15(10-14)11-18(2,3)23-16/h4-5,10,13H,6-9,11-12H2,1-3H3,(H,19,21). The molecule has 5 nitrogen and oxygen atoms in total. The number of rotatable bonds is 4. The Bertz CT molecular complexity index is 580. The Morgan fingerprint density at radius 3 is 2.83 bits per heavy atom. The Hall–Kier alpha value is -1.59. The van der Waals surface area contributed by atoms with Gasteiger partial charge in [0.1, 0.15) is 11.4 Å². The SMILES string of the molecule is CC(C(=O)NCc1ccc2c(c1)CC(C)(C)O2)N1CCOCC1. The lowest BCUT2D eigenvalue weighted by molar-refractivity contribution is -0.127. The van der Waals surface area contributed by atoms with E-state index < -0.39 is 0 Å². The van der Waals surface area contributed by atoms with Crippen LogP contribution in [-0.2, 0) is 22.5 Å². The summed E-state index contributed by atoms with van der Waals surface area (Å²) < 4.78 is 11.2. The number of carbonyl (C=O) groups is 1. The minimum atomic E-state index is -0.130. The third kappa shape index (κ3) is 3.85. The summed E-state index contributed by atoms with van der Waals surface area (Å²) in [6.07, 6.45) is 0.911. The highest BCUT2D eigenvalue weighted by Gasteiger charge is 2.30. The number of fused-ring (bicyclic) bond motifs is 1. The van der Waals surface area contributed by atoms with E-state index in [-0.39, 0.29) is 17.6 Å². The van der Waals surface area contributed by atoms with Crippen LogP contribution in [0.1, 0.15) is 31.9 Å². The van der Waals surface area contributed by atoms with Crippen molar-refractivity contribution >= 4 is 5.91 Å². The summed E-state index contributed by atoms with van der Waals surface area (Å²) in [6.45, 7) is 9.76. The summed E-state index contributed by atoms with van der Waals surface area (Å²) >= 11 is 0. The largest absolute Gasteiger partial charge is 0.487 e. The van der Waals surface area contributed by atoms with Crippen molar-refractivity contribution in [3.8, 4) is 5.75 Å². The summed E-state index contributed by atoms with van der Waals surface area (Å²) in [5.41, 5.74) is 2.21. The predicted molar refractivity (Wildman–Crippen MR) is 88.6 cm³/mol. The molecule has 1 aromatic rings. The molecule has 5 heteroatoms. The number of hydrogen-bond donors (Lipinski definition) is 1. The van der Waals surface area contributed by atoms with Crippen molar-refractivity contribution in [3.63, 3.8) is 0 Å². The van der Waals surface area contributed by atoms with E-state index in [9.17, 15) is 4.79 Å². The van der Waals surface area contributed by atoms with Gasteiger partial charge in [-0.3, -0.25) is 9.69 Å². The Labute approximate surface area is 137 Å². The molecule has 1 N–H and O–H groups in total. The smallest absolute Gasteiger partial charge is 0.237 e. The molecule has 3 rings (SSSR count). The first-order chi connectivity index (χ1) is 10.9. The number of amides is 1. The first-order valence-electron chi connectivity index (χ1n) is 8.35. The van der Waals surface area contributed by atoms with Crippen molar-refractivity contribution < 1.29 is 14.3 Å². The van der Waals surface area contributed by atoms with Crippen LogP contribution in [0.3, 0.4) is 0 Å². The minimum absolute atomic E-state index is 0.0731. The zero-order chi connectivity index (χ0) is 16.4. The van der Waals surface area contributed by atoms with E-state index in [1.54, 1.807) is 0 Å². The van der Waals surface area contributed by atoms with Gasteiger partial charge in [0.15, 0.2) is 0 Å². The van der Waals surface area contributed by atoms with Crippen LogP contribution in [0.5, 0.6) is 5.75 Å².